The number of hydrogen-bond acceptors (Lipinski definition) is 4. The summed E-state index contributed by atoms with van der Waals surface area (Å²) in [4.78, 5) is 25.4. The number of hydrogen-bond donors (Lipinski definition) is 1. The first-order valence-corrected chi connectivity index (χ1v) is 6.56. The second-order valence-electron chi connectivity index (χ2n) is 5.76. The van der Waals surface area contributed by atoms with Crippen molar-refractivity contribution in [2.75, 3.05) is 6.61 Å². The number of aliphatic hydroxyl groups is 1. The molecule has 0 aromatic rings. The number of carbonyl (C=O) groups is 2. The molecule has 0 aliphatic carbocycles. The Morgan fingerprint density at radius 3 is 2.53 bits per heavy atom. The fourth-order valence-electron chi connectivity index (χ4n) is 2.37. The van der Waals surface area contributed by atoms with E-state index >= 15 is 0 Å². The van der Waals surface area contributed by atoms with Gasteiger partial charge in [0.25, 0.3) is 0 Å². The van der Waals surface area contributed by atoms with Crippen molar-refractivity contribution in [3.05, 3.63) is 12.7 Å². The zero-order chi connectivity index (χ0) is 14.6. The molecule has 19 heavy (non-hydrogen) atoms. The smallest absolute Gasteiger partial charge is 0.329 e. The van der Waals surface area contributed by atoms with Crippen LogP contribution >= 0.6 is 0 Å². The fourth-order valence-corrected chi connectivity index (χ4v) is 2.37. The molecule has 1 fully saturated rings. The second-order valence-corrected chi connectivity index (χ2v) is 5.76. The lowest BCUT2D eigenvalue weighted by Crippen LogP contribution is -2.48. The summed E-state index contributed by atoms with van der Waals surface area (Å²) in [7, 11) is 0. The highest BCUT2D eigenvalue weighted by Crippen LogP contribution is 2.28. The van der Waals surface area contributed by atoms with Crippen molar-refractivity contribution in [3.63, 3.8) is 0 Å². The van der Waals surface area contributed by atoms with Crippen molar-refractivity contribution >= 4 is 11.9 Å². The van der Waals surface area contributed by atoms with Crippen LogP contribution in [0.25, 0.3) is 0 Å². The van der Waals surface area contributed by atoms with Crippen LogP contribution in [0.15, 0.2) is 12.7 Å². The summed E-state index contributed by atoms with van der Waals surface area (Å²) in [6, 6.07) is -0.668. The Morgan fingerprint density at radius 1 is 1.42 bits per heavy atom. The van der Waals surface area contributed by atoms with E-state index in [1.165, 1.54) is 4.90 Å². The second kappa shape index (κ2) is 6.19. The number of ether oxygens (including phenoxy) is 1. The predicted molar refractivity (Wildman–Crippen MR) is 71.4 cm³/mol. The van der Waals surface area contributed by atoms with Gasteiger partial charge in [-0.25, -0.2) is 4.79 Å². The number of amides is 1. The van der Waals surface area contributed by atoms with Gasteiger partial charge in [-0.1, -0.05) is 6.08 Å². The highest BCUT2D eigenvalue weighted by Gasteiger charge is 2.41. The van der Waals surface area contributed by atoms with Crippen LogP contribution < -0.4 is 0 Å². The standard InChI is InChI=1S/C14H23NO4/c1-5-6-10-7-8-11(15(10)12(17)9-16)13(18)19-14(2,3)4/h5,10-11,16H,1,6-9H2,2-4H3. The Bertz CT molecular complexity index is 359. The van der Waals surface area contributed by atoms with E-state index in [1.54, 1.807) is 26.8 Å². The minimum Gasteiger partial charge on any atom is -0.458 e. The van der Waals surface area contributed by atoms with Gasteiger partial charge in [-0.2, -0.15) is 0 Å². The van der Waals surface area contributed by atoms with Crippen LogP contribution in [0.1, 0.15) is 40.0 Å². The predicted octanol–water partition coefficient (Wildman–Crippen LogP) is 1.26. The monoisotopic (exact) mass is 269 g/mol. The third-order valence-corrected chi connectivity index (χ3v) is 3.04. The van der Waals surface area contributed by atoms with Crippen LogP contribution in [0.2, 0.25) is 0 Å². The van der Waals surface area contributed by atoms with E-state index in [1.807, 2.05) is 0 Å². The van der Waals surface area contributed by atoms with Crippen molar-refractivity contribution in [1.29, 1.82) is 0 Å². The molecule has 1 amide bonds. The zero-order valence-corrected chi connectivity index (χ0v) is 11.9. The molecule has 1 rings (SSSR count). The van der Waals surface area contributed by atoms with Crippen molar-refractivity contribution in [3.8, 4) is 0 Å². The Labute approximate surface area is 114 Å². The van der Waals surface area contributed by atoms with E-state index in [0.29, 0.717) is 12.8 Å². The molecule has 2 unspecified atom stereocenters. The molecule has 1 N–H and O–H groups in total. The van der Waals surface area contributed by atoms with Gasteiger partial charge in [-0.15, -0.1) is 6.58 Å². The van der Waals surface area contributed by atoms with E-state index in [0.717, 1.165) is 6.42 Å². The van der Waals surface area contributed by atoms with Gasteiger partial charge in [-0.05, 0) is 40.0 Å². The largest absolute Gasteiger partial charge is 0.458 e. The summed E-state index contributed by atoms with van der Waals surface area (Å²) in [6.07, 6.45) is 3.63. The van der Waals surface area contributed by atoms with E-state index in [4.69, 9.17) is 9.84 Å². The Morgan fingerprint density at radius 2 is 2.05 bits per heavy atom. The molecule has 0 spiro atoms. The molecule has 1 aliphatic heterocycles. The van der Waals surface area contributed by atoms with Crippen LogP contribution in [-0.4, -0.2) is 46.2 Å². The number of rotatable bonds is 4. The van der Waals surface area contributed by atoms with Gasteiger partial charge >= 0.3 is 5.97 Å². The van der Waals surface area contributed by atoms with Gasteiger partial charge in [0.05, 0.1) is 0 Å². The molecule has 0 saturated carbocycles. The van der Waals surface area contributed by atoms with Crippen molar-refractivity contribution in [2.45, 2.75) is 57.7 Å². The first-order valence-electron chi connectivity index (χ1n) is 6.56. The highest BCUT2D eigenvalue weighted by molar-refractivity contribution is 5.86. The number of carbonyl (C=O) groups excluding carboxylic acids is 2. The lowest BCUT2D eigenvalue weighted by molar-refractivity contribution is -0.164. The fraction of sp³-hybridized carbons (Fsp3) is 0.714. The summed E-state index contributed by atoms with van der Waals surface area (Å²) >= 11 is 0. The SMILES string of the molecule is C=CCC1CCC(C(=O)OC(C)(C)C)N1C(=O)CO. The molecular weight excluding hydrogens is 246 g/mol. The van der Waals surface area contributed by atoms with E-state index in [9.17, 15) is 9.59 Å². The van der Waals surface area contributed by atoms with Crippen LogP contribution in [0, 0.1) is 0 Å². The Kier molecular flexibility index (Phi) is 5.11. The van der Waals surface area contributed by atoms with E-state index < -0.39 is 30.1 Å². The molecule has 5 heteroatoms. The molecule has 2 atom stereocenters. The molecule has 0 bridgehead atoms. The summed E-state index contributed by atoms with van der Waals surface area (Å²) in [5.41, 5.74) is -0.582. The maximum absolute atomic E-state index is 12.1. The topological polar surface area (TPSA) is 66.8 Å². The number of likely N-dealkylation sites (tertiary alicyclic amines) is 1. The molecule has 5 nitrogen and oxygen atoms in total. The quantitative estimate of drug-likeness (QED) is 0.616. The summed E-state index contributed by atoms with van der Waals surface area (Å²) in [5.74, 6) is -0.832. The van der Waals surface area contributed by atoms with Crippen molar-refractivity contribution < 1.29 is 19.4 Å². The van der Waals surface area contributed by atoms with Crippen LogP contribution in [0.5, 0.6) is 0 Å². The van der Waals surface area contributed by atoms with Gasteiger partial charge in [0.2, 0.25) is 5.91 Å². The summed E-state index contributed by atoms with van der Waals surface area (Å²) in [5, 5.41) is 9.04. The Balaban J connectivity index is 2.84. The summed E-state index contributed by atoms with van der Waals surface area (Å²) in [6.45, 7) is 8.44. The average molecular weight is 269 g/mol. The zero-order valence-electron chi connectivity index (χ0n) is 11.9. The van der Waals surface area contributed by atoms with Gasteiger partial charge in [-0.3, -0.25) is 4.79 Å². The van der Waals surface area contributed by atoms with E-state index in [-0.39, 0.29) is 6.04 Å². The summed E-state index contributed by atoms with van der Waals surface area (Å²) < 4.78 is 5.33. The van der Waals surface area contributed by atoms with Crippen molar-refractivity contribution in [2.24, 2.45) is 0 Å². The van der Waals surface area contributed by atoms with Crippen LogP contribution in [0.4, 0.5) is 0 Å². The molecule has 1 aliphatic rings. The third-order valence-electron chi connectivity index (χ3n) is 3.04. The maximum atomic E-state index is 12.1. The molecule has 0 radical (unpaired) electrons. The van der Waals surface area contributed by atoms with Gasteiger partial charge in [0.15, 0.2) is 0 Å². The molecule has 108 valence electrons. The molecule has 1 heterocycles. The third kappa shape index (κ3) is 4.06. The van der Waals surface area contributed by atoms with Gasteiger partial charge < -0.3 is 14.7 Å². The molecule has 0 aromatic heterocycles. The maximum Gasteiger partial charge on any atom is 0.329 e. The Hall–Kier alpha value is -1.36. The normalized spacial score (nSPS) is 23.3. The minimum atomic E-state index is -0.594. The highest BCUT2D eigenvalue weighted by atomic mass is 16.6. The molecular formula is C14H23NO4. The number of nitrogens with zero attached hydrogens (tertiary/aromatic N) is 1. The van der Waals surface area contributed by atoms with Gasteiger partial charge in [0, 0.05) is 6.04 Å². The lowest BCUT2D eigenvalue weighted by Gasteiger charge is -2.30. The van der Waals surface area contributed by atoms with E-state index in [2.05, 4.69) is 6.58 Å². The number of esters is 1. The average Bonchev–Trinajstić information content (AvgIpc) is 2.70. The number of aliphatic hydroxyl groups excluding tert-OH is 1. The van der Waals surface area contributed by atoms with Crippen LogP contribution in [-0.2, 0) is 14.3 Å². The van der Waals surface area contributed by atoms with Crippen LogP contribution in [0.3, 0.4) is 0 Å². The lowest BCUT2D eigenvalue weighted by atomic mass is 10.1. The first kappa shape index (κ1) is 15.7. The molecule has 1 saturated heterocycles. The molecule has 0 aromatic carbocycles. The first-order chi connectivity index (χ1) is 8.80. The minimum absolute atomic E-state index is 0.0744. The van der Waals surface area contributed by atoms with Gasteiger partial charge in [0.1, 0.15) is 18.2 Å². The van der Waals surface area contributed by atoms with Crippen molar-refractivity contribution in [1.82, 2.24) is 4.90 Å².